The zero-order chi connectivity index (χ0) is 20.9. The minimum absolute atomic E-state index is 0.0420. The quantitative estimate of drug-likeness (QED) is 0.527. The molecule has 152 valence electrons. The number of benzene rings is 1. The summed E-state index contributed by atoms with van der Waals surface area (Å²) in [6, 6.07) is 4.16. The first-order valence-electron chi connectivity index (χ1n) is 8.07. The van der Waals surface area contributed by atoms with E-state index in [1.54, 1.807) is 0 Å². The first kappa shape index (κ1) is 21.4. The molecule has 1 aromatic carbocycles. The zero-order valence-corrected chi connectivity index (χ0v) is 14.6. The summed E-state index contributed by atoms with van der Waals surface area (Å²) in [7, 11) is 0. The molecule has 0 radical (unpaired) electrons. The number of halogens is 3. The highest BCUT2D eigenvalue weighted by Gasteiger charge is 2.45. The molecule has 0 aliphatic carbocycles. The van der Waals surface area contributed by atoms with Gasteiger partial charge in [0.05, 0.1) is 31.6 Å². The van der Waals surface area contributed by atoms with Crippen LogP contribution >= 0.6 is 0 Å². The fourth-order valence-electron chi connectivity index (χ4n) is 2.37. The van der Waals surface area contributed by atoms with Crippen molar-refractivity contribution in [3.8, 4) is 0 Å². The number of hydrogen-bond acceptors (Lipinski definition) is 6. The van der Waals surface area contributed by atoms with E-state index in [1.807, 2.05) is 0 Å². The predicted molar refractivity (Wildman–Crippen MR) is 87.0 cm³/mol. The second-order valence-electron chi connectivity index (χ2n) is 6.10. The Labute approximate surface area is 157 Å². The van der Waals surface area contributed by atoms with Gasteiger partial charge in [0.2, 0.25) is 0 Å². The molecule has 1 aliphatic heterocycles. The molecule has 0 bridgehead atoms. The molecule has 10 heteroatoms. The van der Waals surface area contributed by atoms with E-state index in [1.165, 1.54) is 12.1 Å². The summed E-state index contributed by atoms with van der Waals surface area (Å²) in [5, 5.41) is 8.48. The summed E-state index contributed by atoms with van der Waals surface area (Å²) in [6.07, 6.45) is -5.40. The van der Waals surface area contributed by atoms with E-state index in [9.17, 15) is 27.6 Å². The van der Waals surface area contributed by atoms with Gasteiger partial charge in [-0.2, -0.15) is 13.2 Å². The van der Waals surface area contributed by atoms with Crippen molar-refractivity contribution in [1.82, 2.24) is 0 Å². The van der Waals surface area contributed by atoms with Crippen molar-refractivity contribution in [3.05, 3.63) is 47.5 Å². The Morgan fingerprint density at radius 3 is 2.25 bits per heavy atom. The molecule has 28 heavy (non-hydrogen) atoms. The maximum absolute atomic E-state index is 12.7. The van der Waals surface area contributed by atoms with E-state index in [-0.39, 0.29) is 25.4 Å². The van der Waals surface area contributed by atoms with Crippen LogP contribution in [0.2, 0.25) is 0 Å². The monoisotopic (exact) mass is 402 g/mol. The summed E-state index contributed by atoms with van der Waals surface area (Å²) in [6.45, 7) is 2.95. The second kappa shape index (κ2) is 8.42. The van der Waals surface area contributed by atoms with Crippen LogP contribution < -0.4 is 0 Å². The van der Waals surface area contributed by atoms with E-state index < -0.39 is 48.1 Å². The summed E-state index contributed by atoms with van der Waals surface area (Å²) in [5.74, 6) is -2.93. The number of hydrogen-bond donors (Lipinski definition) is 1. The van der Waals surface area contributed by atoms with Gasteiger partial charge >= 0.3 is 24.1 Å². The zero-order valence-electron chi connectivity index (χ0n) is 14.6. The smallest absolute Gasteiger partial charge is 0.416 e. The van der Waals surface area contributed by atoms with Crippen molar-refractivity contribution in [2.75, 3.05) is 19.8 Å². The number of alkyl halides is 3. The molecule has 0 saturated carbocycles. The van der Waals surface area contributed by atoms with Gasteiger partial charge < -0.3 is 19.3 Å². The molecule has 1 saturated heterocycles. The van der Waals surface area contributed by atoms with Crippen LogP contribution in [0, 0.1) is 0 Å². The lowest BCUT2D eigenvalue weighted by Crippen LogP contribution is -2.50. The highest BCUT2D eigenvalue weighted by molar-refractivity contribution is 5.93. The summed E-state index contributed by atoms with van der Waals surface area (Å²) in [5.41, 5.74) is -1.99. The number of carboxylic acids is 1. The molecular weight excluding hydrogens is 385 g/mol. The molecule has 0 amide bonds. The van der Waals surface area contributed by atoms with Gasteiger partial charge in [0.1, 0.15) is 6.61 Å². The van der Waals surface area contributed by atoms with E-state index in [2.05, 4.69) is 11.3 Å². The molecular formula is C18H17F3O7. The van der Waals surface area contributed by atoms with E-state index in [0.29, 0.717) is 5.56 Å². The molecule has 1 heterocycles. The summed E-state index contributed by atoms with van der Waals surface area (Å²) < 4.78 is 53.1. The Morgan fingerprint density at radius 1 is 1.18 bits per heavy atom. The lowest BCUT2D eigenvalue weighted by molar-refractivity contribution is -0.218. The van der Waals surface area contributed by atoms with Crippen LogP contribution in [-0.2, 0) is 40.4 Å². The standard InChI is InChI=1S/C18H17F3O7/c1-11(16(25)27-7-6-14(22)23)8-15(24)28-17(9-26-10-17)12-2-4-13(5-3-12)18(19,20)21/h2-5H,1,6-10H2,(H,22,23). The molecule has 1 N–H and O–H groups in total. The number of rotatable bonds is 8. The maximum Gasteiger partial charge on any atom is 0.416 e. The summed E-state index contributed by atoms with van der Waals surface area (Å²) >= 11 is 0. The molecule has 1 fully saturated rings. The summed E-state index contributed by atoms with van der Waals surface area (Å²) in [4.78, 5) is 34.2. The molecule has 0 aromatic heterocycles. The number of esters is 2. The highest BCUT2D eigenvalue weighted by Crippen LogP contribution is 2.36. The minimum Gasteiger partial charge on any atom is -0.481 e. The van der Waals surface area contributed by atoms with Crippen LogP contribution in [0.5, 0.6) is 0 Å². The highest BCUT2D eigenvalue weighted by atomic mass is 19.4. The van der Waals surface area contributed by atoms with Gasteiger partial charge in [0.15, 0.2) is 5.60 Å². The molecule has 1 aliphatic rings. The molecule has 0 atom stereocenters. The third-order valence-electron chi connectivity index (χ3n) is 3.91. The Bertz CT molecular complexity index is 764. The van der Waals surface area contributed by atoms with Crippen molar-refractivity contribution in [1.29, 1.82) is 0 Å². The van der Waals surface area contributed by atoms with Gasteiger partial charge in [-0.1, -0.05) is 18.7 Å². The van der Waals surface area contributed by atoms with Crippen LogP contribution in [0.25, 0.3) is 0 Å². The first-order chi connectivity index (χ1) is 13.0. The van der Waals surface area contributed by atoms with Gasteiger partial charge in [-0.25, -0.2) is 4.79 Å². The number of ether oxygens (including phenoxy) is 3. The van der Waals surface area contributed by atoms with Gasteiger partial charge in [0, 0.05) is 11.1 Å². The van der Waals surface area contributed by atoms with Crippen molar-refractivity contribution >= 4 is 17.9 Å². The average molecular weight is 402 g/mol. The fraction of sp³-hybridized carbons (Fsp3) is 0.389. The van der Waals surface area contributed by atoms with Gasteiger partial charge in [0.25, 0.3) is 0 Å². The van der Waals surface area contributed by atoms with E-state index >= 15 is 0 Å². The molecule has 7 nitrogen and oxygen atoms in total. The normalized spacial score (nSPS) is 15.2. The van der Waals surface area contributed by atoms with Gasteiger partial charge in [-0.15, -0.1) is 0 Å². The van der Waals surface area contributed by atoms with Crippen molar-refractivity contribution in [2.45, 2.75) is 24.6 Å². The predicted octanol–water partition coefficient (Wildman–Crippen LogP) is 2.44. The number of carbonyl (C=O) groups excluding carboxylic acids is 2. The minimum atomic E-state index is -4.49. The maximum atomic E-state index is 12.7. The molecule has 0 unspecified atom stereocenters. The lowest BCUT2D eigenvalue weighted by Gasteiger charge is -2.41. The lowest BCUT2D eigenvalue weighted by atomic mass is 9.91. The van der Waals surface area contributed by atoms with Crippen molar-refractivity contribution < 1.29 is 46.9 Å². The SMILES string of the molecule is C=C(CC(=O)OC1(c2ccc(C(F)(F)F)cc2)COC1)C(=O)OCCC(=O)O. The van der Waals surface area contributed by atoms with Crippen LogP contribution in [0.1, 0.15) is 24.0 Å². The van der Waals surface area contributed by atoms with Crippen LogP contribution in [-0.4, -0.2) is 42.8 Å². The third-order valence-corrected chi connectivity index (χ3v) is 3.91. The average Bonchev–Trinajstić information content (AvgIpc) is 2.57. The van der Waals surface area contributed by atoms with Gasteiger partial charge in [-0.3, -0.25) is 9.59 Å². The van der Waals surface area contributed by atoms with Gasteiger partial charge in [-0.05, 0) is 12.1 Å². The van der Waals surface area contributed by atoms with Crippen LogP contribution in [0.3, 0.4) is 0 Å². The Balaban J connectivity index is 1.96. The Hall–Kier alpha value is -2.88. The van der Waals surface area contributed by atoms with Crippen molar-refractivity contribution in [3.63, 3.8) is 0 Å². The molecule has 1 aromatic rings. The third kappa shape index (κ3) is 5.32. The Kier molecular flexibility index (Phi) is 6.45. The second-order valence-corrected chi connectivity index (χ2v) is 6.10. The van der Waals surface area contributed by atoms with E-state index in [0.717, 1.165) is 12.1 Å². The number of carbonyl (C=O) groups is 3. The molecule has 2 rings (SSSR count). The topological polar surface area (TPSA) is 99.1 Å². The van der Waals surface area contributed by atoms with E-state index in [4.69, 9.17) is 14.6 Å². The number of carboxylic acid groups (broad SMARTS) is 1. The molecule has 0 spiro atoms. The van der Waals surface area contributed by atoms with Crippen LogP contribution in [0.4, 0.5) is 13.2 Å². The van der Waals surface area contributed by atoms with Crippen molar-refractivity contribution in [2.24, 2.45) is 0 Å². The number of aliphatic carboxylic acids is 1. The Morgan fingerprint density at radius 2 is 1.79 bits per heavy atom. The largest absolute Gasteiger partial charge is 0.481 e. The van der Waals surface area contributed by atoms with Crippen LogP contribution in [0.15, 0.2) is 36.4 Å². The fourth-order valence-corrected chi connectivity index (χ4v) is 2.37. The first-order valence-corrected chi connectivity index (χ1v) is 8.07.